The van der Waals surface area contributed by atoms with E-state index in [-0.39, 0.29) is 6.42 Å². The molecule has 0 spiro atoms. The Balaban J connectivity index is 4.06. The average Bonchev–Trinajstić information content (AvgIpc) is 1.65. The molecule has 0 amide bonds. The van der Waals surface area contributed by atoms with E-state index in [1.54, 1.807) is 0 Å². The van der Waals surface area contributed by atoms with E-state index in [4.69, 9.17) is 18.0 Å². The minimum absolute atomic E-state index is 0.0170. The molecule has 0 aliphatic heterocycles. The fourth-order valence-corrected chi connectivity index (χ4v) is 0.341. The van der Waals surface area contributed by atoms with Crippen LogP contribution in [0, 0.1) is 12.3 Å². The standard InChI is InChI=1S/C6H7ClO2/c1-3-4-6(2,7)5(8)9/h1H,4H2,2H3,(H,8,9)/p-1. The van der Waals surface area contributed by atoms with Crippen LogP contribution in [-0.2, 0) is 4.79 Å². The highest BCUT2D eigenvalue weighted by Gasteiger charge is 2.20. The highest BCUT2D eigenvalue weighted by atomic mass is 35.5. The molecule has 9 heavy (non-hydrogen) atoms. The summed E-state index contributed by atoms with van der Waals surface area (Å²) < 4.78 is 0. The Bertz CT molecular complexity index is 155. The van der Waals surface area contributed by atoms with Gasteiger partial charge in [-0.25, -0.2) is 0 Å². The fraction of sp³-hybridized carbons (Fsp3) is 0.500. The van der Waals surface area contributed by atoms with Crippen LogP contribution in [0.3, 0.4) is 0 Å². The lowest BCUT2D eigenvalue weighted by molar-refractivity contribution is -0.308. The topological polar surface area (TPSA) is 40.1 Å². The zero-order valence-electron chi connectivity index (χ0n) is 4.98. The van der Waals surface area contributed by atoms with E-state index in [0.29, 0.717) is 0 Å². The lowest BCUT2D eigenvalue weighted by Crippen LogP contribution is -2.41. The van der Waals surface area contributed by atoms with E-state index in [9.17, 15) is 9.90 Å². The molecule has 0 radical (unpaired) electrons. The van der Waals surface area contributed by atoms with Crippen molar-refractivity contribution >= 4 is 17.6 Å². The second-order valence-electron chi connectivity index (χ2n) is 1.87. The fourth-order valence-electron chi connectivity index (χ4n) is 0.264. The lowest BCUT2D eigenvalue weighted by atomic mass is 10.1. The summed E-state index contributed by atoms with van der Waals surface area (Å²) in [5.41, 5.74) is 0. The summed E-state index contributed by atoms with van der Waals surface area (Å²) in [6.45, 7) is 1.31. The van der Waals surface area contributed by atoms with Gasteiger partial charge in [-0.05, 0) is 6.92 Å². The number of rotatable bonds is 2. The Kier molecular flexibility index (Phi) is 2.54. The van der Waals surface area contributed by atoms with Gasteiger partial charge in [-0.15, -0.1) is 23.9 Å². The molecular formula is C6H6ClO2-. The van der Waals surface area contributed by atoms with Crippen LogP contribution in [0.4, 0.5) is 0 Å². The number of hydrogen-bond donors (Lipinski definition) is 0. The van der Waals surface area contributed by atoms with Gasteiger partial charge in [0.15, 0.2) is 0 Å². The van der Waals surface area contributed by atoms with Crippen molar-refractivity contribution in [2.45, 2.75) is 18.2 Å². The van der Waals surface area contributed by atoms with Crippen molar-refractivity contribution in [2.75, 3.05) is 0 Å². The molecule has 0 saturated carbocycles. The third-order valence-corrected chi connectivity index (χ3v) is 1.15. The first kappa shape index (κ1) is 8.32. The quantitative estimate of drug-likeness (QED) is 0.397. The van der Waals surface area contributed by atoms with E-state index in [1.807, 2.05) is 0 Å². The number of carboxylic acid groups (broad SMARTS) is 1. The zero-order chi connectivity index (χ0) is 7.49. The van der Waals surface area contributed by atoms with Gasteiger partial charge in [-0.2, -0.15) is 0 Å². The monoisotopic (exact) mass is 145 g/mol. The van der Waals surface area contributed by atoms with Crippen molar-refractivity contribution in [3.8, 4) is 12.3 Å². The molecule has 0 aliphatic rings. The maximum atomic E-state index is 10.1. The van der Waals surface area contributed by atoms with Crippen LogP contribution in [0.1, 0.15) is 13.3 Å². The number of carbonyl (C=O) groups excluding carboxylic acids is 1. The Hall–Kier alpha value is -0.680. The maximum Gasteiger partial charge on any atom is 0.0919 e. The van der Waals surface area contributed by atoms with Gasteiger partial charge in [0.05, 0.1) is 10.8 Å². The van der Waals surface area contributed by atoms with Crippen LogP contribution in [0.25, 0.3) is 0 Å². The van der Waals surface area contributed by atoms with Gasteiger partial charge in [0.25, 0.3) is 0 Å². The summed E-state index contributed by atoms with van der Waals surface area (Å²) in [4.78, 5) is 8.66. The number of carboxylic acids is 1. The minimum Gasteiger partial charge on any atom is -0.548 e. The maximum absolute atomic E-state index is 10.1. The molecule has 50 valence electrons. The van der Waals surface area contributed by atoms with E-state index in [1.165, 1.54) is 6.92 Å². The third kappa shape index (κ3) is 2.39. The van der Waals surface area contributed by atoms with Gasteiger partial charge in [-0.1, -0.05) is 0 Å². The normalized spacial score (nSPS) is 15.7. The van der Waals surface area contributed by atoms with E-state index < -0.39 is 10.8 Å². The predicted octanol–water partition coefficient (Wildman–Crippen LogP) is -0.243. The lowest BCUT2D eigenvalue weighted by Gasteiger charge is -2.19. The van der Waals surface area contributed by atoms with Gasteiger partial charge < -0.3 is 9.90 Å². The minimum atomic E-state index is -1.41. The van der Waals surface area contributed by atoms with Crippen molar-refractivity contribution in [1.82, 2.24) is 0 Å². The molecule has 0 saturated heterocycles. The summed E-state index contributed by atoms with van der Waals surface area (Å²) in [6, 6.07) is 0. The Morgan fingerprint density at radius 3 is 2.56 bits per heavy atom. The van der Waals surface area contributed by atoms with Crippen LogP contribution in [0.5, 0.6) is 0 Å². The molecule has 0 rings (SSSR count). The van der Waals surface area contributed by atoms with E-state index in [0.717, 1.165) is 0 Å². The molecule has 1 atom stereocenters. The number of hydrogen-bond acceptors (Lipinski definition) is 2. The van der Waals surface area contributed by atoms with Gasteiger partial charge >= 0.3 is 0 Å². The molecule has 1 unspecified atom stereocenters. The predicted molar refractivity (Wildman–Crippen MR) is 32.7 cm³/mol. The second kappa shape index (κ2) is 2.75. The highest BCUT2D eigenvalue weighted by Crippen LogP contribution is 2.16. The summed E-state index contributed by atoms with van der Waals surface area (Å²) in [5.74, 6) is 0.805. The smallest absolute Gasteiger partial charge is 0.0919 e. The molecule has 0 aromatic carbocycles. The first-order chi connectivity index (χ1) is 4.00. The molecule has 0 aromatic heterocycles. The molecule has 3 heteroatoms. The number of halogens is 1. The van der Waals surface area contributed by atoms with Crippen LogP contribution in [-0.4, -0.2) is 10.8 Å². The van der Waals surface area contributed by atoms with Crippen LogP contribution < -0.4 is 5.11 Å². The summed E-state index contributed by atoms with van der Waals surface area (Å²) >= 11 is 5.37. The van der Waals surface area contributed by atoms with Crippen molar-refractivity contribution in [3.63, 3.8) is 0 Å². The van der Waals surface area contributed by atoms with E-state index >= 15 is 0 Å². The Morgan fingerprint density at radius 2 is 2.44 bits per heavy atom. The molecule has 0 bridgehead atoms. The molecule has 0 aromatic rings. The first-order valence-corrected chi connectivity index (χ1v) is 2.72. The second-order valence-corrected chi connectivity index (χ2v) is 2.70. The van der Waals surface area contributed by atoms with Crippen molar-refractivity contribution in [1.29, 1.82) is 0 Å². The first-order valence-electron chi connectivity index (χ1n) is 2.34. The Labute approximate surface area is 58.8 Å². The number of alkyl halides is 1. The number of carbonyl (C=O) groups is 1. The van der Waals surface area contributed by atoms with Gasteiger partial charge in [0.2, 0.25) is 0 Å². The average molecular weight is 146 g/mol. The third-order valence-electron chi connectivity index (χ3n) is 0.860. The van der Waals surface area contributed by atoms with Crippen molar-refractivity contribution < 1.29 is 9.90 Å². The molecule has 2 nitrogen and oxygen atoms in total. The van der Waals surface area contributed by atoms with Gasteiger partial charge in [0.1, 0.15) is 0 Å². The van der Waals surface area contributed by atoms with Crippen molar-refractivity contribution in [2.24, 2.45) is 0 Å². The highest BCUT2D eigenvalue weighted by molar-refractivity contribution is 6.33. The number of terminal acetylenes is 1. The molecule has 0 aliphatic carbocycles. The van der Waals surface area contributed by atoms with Crippen LogP contribution in [0.2, 0.25) is 0 Å². The molecular weight excluding hydrogens is 140 g/mol. The molecule has 0 fully saturated rings. The number of aliphatic carboxylic acids is 1. The molecule has 0 heterocycles. The summed E-state index contributed by atoms with van der Waals surface area (Å²) in [6.07, 6.45) is 4.81. The van der Waals surface area contributed by atoms with Gasteiger partial charge in [-0.3, -0.25) is 0 Å². The van der Waals surface area contributed by atoms with Crippen molar-refractivity contribution in [3.05, 3.63) is 0 Å². The molecule has 0 N–H and O–H groups in total. The zero-order valence-corrected chi connectivity index (χ0v) is 5.73. The van der Waals surface area contributed by atoms with Crippen LogP contribution >= 0.6 is 11.6 Å². The largest absolute Gasteiger partial charge is 0.548 e. The van der Waals surface area contributed by atoms with E-state index in [2.05, 4.69) is 5.92 Å². The Morgan fingerprint density at radius 1 is 2.00 bits per heavy atom. The van der Waals surface area contributed by atoms with Crippen LogP contribution in [0.15, 0.2) is 0 Å². The summed E-state index contributed by atoms with van der Waals surface area (Å²) in [5, 5.41) is 10.1. The summed E-state index contributed by atoms with van der Waals surface area (Å²) in [7, 11) is 0. The van der Waals surface area contributed by atoms with Gasteiger partial charge in [0, 0.05) is 6.42 Å². The SMILES string of the molecule is C#CCC(C)(Cl)C(=O)[O-].